The molecule has 0 heterocycles. The van der Waals surface area contributed by atoms with Gasteiger partial charge >= 0.3 is 0 Å². The van der Waals surface area contributed by atoms with Gasteiger partial charge in [0.1, 0.15) is 5.54 Å². The summed E-state index contributed by atoms with van der Waals surface area (Å²) >= 11 is 5.65. The first-order valence-corrected chi connectivity index (χ1v) is 7.96. The zero-order chi connectivity index (χ0) is 16.3. The van der Waals surface area contributed by atoms with Gasteiger partial charge in [-0.3, -0.25) is 10.1 Å². The number of halogens is 1. The number of hydrogen-bond donors (Lipinski definition) is 1. The van der Waals surface area contributed by atoms with Crippen molar-refractivity contribution in [3.05, 3.63) is 33.3 Å². The number of rotatable bonds is 6. The van der Waals surface area contributed by atoms with Crippen molar-refractivity contribution in [2.24, 2.45) is 0 Å². The van der Waals surface area contributed by atoms with E-state index in [1.54, 1.807) is 13.8 Å². The van der Waals surface area contributed by atoms with Crippen molar-refractivity contribution in [1.82, 2.24) is 4.72 Å². The molecule has 0 aliphatic rings. The van der Waals surface area contributed by atoms with Gasteiger partial charge in [0.2, 0.25) is 10.0 Å². The van der Waals surface area contributed by atoms with E-state index in [0.29, 0.717) is 0 Å². The van der Waals surface area contributed by atoms with E-state index in [4.69, 9.17) is 11.6 Å². The van der Waals surface area contributed by atoms with Crippen LogP contribution in [0.15, 0.2) is 23.1 Å². The van der Waals surface area contributed by atoms with Gasteiger partial charge in [0.25, 0.3) is 5.69 Å². The van der Waals surface area contributed by atoms with Gasteiger partial charge in [0.05, 0.1) is 11.0 Å². The Labute approximate surface area is 127 Å². The fraction of sp³-hybridized carbons (Fsp3) is 0.417. The van der Waals surface area contributed by atoms with Gasteiger partial charge in [-0.25, -0.2) is 8.42 Å². The van der Waals surface area contributed by atoms with Crippen molar-refractivity contribution in [2.75, 3.05) is 0 Å². The molecule has 0 fully saturated rings. The number of sulfonamides is 1. The second-order valence-electron chi connectivity index (χ2n) is 4.38. The summed E-state index contributed by atoms with van der Waals surface area (Å²) in [6.07, 6.45) is 0.473. The minimum absolute atomic E-state index is 0.0539. The number of nitriles is 1. The molecule has 0 atom stereocenters. The van der Waals surface area contributed by atoms with E-state index in [0.717, 1.165) is 12.1 Å². The summed E-state index contributed by atoms with van der Waals surface area (Å²) in [5.74, 6) is 0. The molecular weight excluding hydrogens is 318 g/mol. The fourth-order valence-corrected chi connectivity index (χ4v) is 3.53. The van der Waals surface area contributed by atoms with Crippen LogP contribution in [-0.4, -0.2) is 18.9 Å². The van der Waals surface area contributed by atoms with Crippen LogP contribution in [0.25, 0.3) is 0 Å². The lowest BCUT2D eigenvalue weighted by molar-refractivity contribution is -0.387. The number of nitrogens with one attached hydrogen (secondary N) is 1. The third-order valence-corrected chi connectivity index (χ3v) is 4.98. The lowest BCUT2D eigenvalue weighted by Crippen LogP contribution is -2.46. The fourth-order valence-electron chi connectivity index (χ4n) is 1.75. The van der Waals surface area contributed by atoms with Gasteiger partial charge in [-0.1, -0.05) is 25.4 Å². The number of nitro groups is 1. The summed E-state index contributed by atoms with van der Waals surface area (Å²) < 4.78 is 27.0. The first-order valence-electron chi connectivity index (χ1n) is 6.10. The number of nitro benzene ring substituents is 1. The molecule has 1 N–H and O–H groups in total. The Morgan fingerprint density at radius 3 is 2.43 bits per heavy atom. The normalized spacial score (nSPS) is 11.9. The number of benzene rings is 1. The van der Waals surface area contributed by atoms with E-state index in [-0.39, 0.29) is 17.9 Å². The Morgan fingerprint density at radius 1 is 1.43 bits per heavy atom. The van der Waals surface area contributed by atoms with Crippen LogP contribution in [0.5, 0.6) is 0 Å². The maximum Gasteiger partial charge on any atom is 0.290 e. The summed E-state index contributed by atoms with van der Waals surface area (Å²) in [5, 5.41) is 20.2. The molecule has 0 spiro atoms. The van der Waals surface area contributed by atoms with E-state index in [9.17, 15) is 23.8 Å². The molecule has 9 heteroatoms. The first kappa shape index (κ1) is 17.4. The Hall–Kier alpha value is -1.69. The average molecular weight is 332 g/mol. The predicted octanol–water partition coefficient (Wildman–Crippen LogP) is 2.61. The van der Waals surface area contributed by atoms with Gasteiger partial charge in [-0.15, -0.1) is 0 Å². The first-order chi connectivity index (χ1) is 9.71. The van der Waals surface area contributed by atoms with Crippen molar-refractivity contribution in [3.8, 4) is 6.07 Å². The van der Waals surface area contributed by atoms with Crippen LogP contribution in [0.1, 0.15) is 26.7 Å². The Morgan fingerprint density at radius 2 is 2.00 bits per heavy atom. The van der Waals surface area contributed by atoms with Crippen molar-refractivity contribution in [2.45, 2.75) is 37.1 Å². The molecule has 1 aromatic rings. The van der Waals surface area contributed by atoms with Crippen molar-refractivity contribution < 1.29 is 13.3 Å². The minimum Gasteiger partial charge on any atom is -0.258 e. The molecule has 1 aromatic carbocycles. The van der Waals surface area contributed by atoms with Crippen LogP contribution in [0.3, 0.4) is 0 Å². The van der Waals surface area contributed by atoms with Crippen LogP contribution in [0.2, 0.25) is 5.02 Å². The molecule has 0 unspecified atom stereocenters. The van der Waals surface area contributed by atoms with Crippen LogP contribution in [0, 0.1) is 21.4 Å². The highest BCUT2D eigenvalue weighted by atomic mass is 35.5. The van der Waals surface area contributed by atoms with Crippen LogP contribution in [-0.2, 0) is 10.0 Å². The molecule has 0 amide bonds. The minimum atomic E-state index is -4.22. The maximum absolute atomic E-state index is 12.4. The van der Waals surface area contributed by atoms with Gasteiger partial charge in [0, 0.05) is 11.1 Å². The molecule has 0 bridgehead atoms. The summed E-state index contributed by atoms with van der Waals surface area (Å²) in [7, 11) is -4.22. The third-order valence-electron chi connectivity index (χ3n) is 3.16. The monoisotopic (exact) mass is 331 g/mol. The summed E-state index contributed by atoms with van der Waals surface area (Å²) in [4.78, 5) is 9.64. The van der Waals surface area contributed by atoms with E-state index in [2.05, 4.69) is 4.72 Å². The van der Waals surface area contributed by atoms with Crippen LogP contribution >= 0.6 is 11.6 Å². The van der Waals surface area contributed by atoms with Crippen LogP contribution in [0.4, 0.5) is 5.69 Å². The molecule has 0 aliphatic heterocycles. The van der Waals surface area contributed by atoms with Crippen LogP contribution < -0.4 is 4.72 Å². The quantitative estimate of drug-likeness (QED) is 0.635. The van der Waals surface area contributed by atoms with Crippen molar-refractivity contribution >= 4 is 27.3 Å². The molecule has 0 aliphatic carbocycles. The highest BCUT2D eigenvalue weighted by molar-refractivity contribution is 7.89. The Bertz CT molecular complexity index is 693. The number of nitrogens with zero attached hydrogens (tertiary/aromatic N) is 2. The molecule has 21 heavy (non-hydrogen) atoms. The number of hydrogen-bond acceptors (Lipinski definition) is 5. The highest BCUT2D eigenvalue weighted by Gasteiger charge is 2.35. The molecule has 114 valence electrons. The molecule has 0 saturated carbocycles. The largest absolute Gasteiger partial charge is 0.290 e. The SMILES string of the molecule is CCC(C#N)(CC)NS(=O)(=O)c1ccc(Cl)cc1[N+](=O)[O-]. The van der Waals surface area contributed by atoms with E-state index >= 15 is 0 Å². The summed E-state index contributed by atoms with van der Waals surface area (Å²) in [6.45, 7) is 3.32. The van der Waals surface area contributed by atoms with Gasteiger partial charge in [-0.2, -0.15) is 9.98 Å². The molecule has 1 rings (SSSR count). The smallest absolute Gasteiger partial charge is 0.258 e. The molecule has 7 nitrogen and oxygen atoms in total. The standard InChI is InChI=1S/C12H14ClN3O4S/c1-3-12(4-2,8-14)15-21(19,20)11-6-5-9(13)7-10(11)16(17)18/h5-7,15H,3-4H2,1-2H3. The molecule has 0 saturated heterocycles. The second-order valence-corrected chi connectivity index (χ2v) is 6.46. The molecule has 0 radical (unpaired) electrons. The molecular formula is C12H14ClN3O4S. The van der Waals surface area contributed by atoms with Gasteiger partial charge < -0.3 is 0 Å². The van der Waals surface area contributed by atoms with E-state index in [1.165, 1.54) is 6.07 Å². The van der Waals surface area contributed by atoms with Crippen molar-refractivity contribution in [3.63, 3.8) is 0 Å². The molecule has 0 aromatic heterocycles. The van der Waals surface area contributed by atoms with Crippen molar-refractivity contribution in [1.29, 1.82) is 5.26 Å². The second kappa shape index (κ2) is 6.39. The van der Waals surface area contributed by atoms with E-state index < -0.39 is 31.1 Å². The zero-order valence-corrected chi connectivity index (χ0v) is 13.0. The lowest BCUT2D eigenvalue weighted by atomic mass is 9.97. The third kappa shape index (κ3) is 3.69. The van der Waals surface area contributed by atoms with Gasteiger partial charge in [0.15, 0.2) is 4.90 Å². The Kier molecular flexibility index (Phi) is 5.28. The maximum atomic E-state index is 12.4. The average Bonchev–Trinajstić information content (AvgIpc) is 2.44. The Balaban J connectivity index is 3.39. The topological polar surface area (TPSA) is 113 Å². The summed E-state index contributed by atoms with van der Waals surface area (Å²) in [5.41, 5.74) is -1.93. The lowest BCUT2D eigenvalue weighted by Gasteiger charge is -2.24. The van der Waals surface area contributed by atoms with E-state index in [1.807, 2.05) is 6.07 Å². The van der Waals surface area contributed by atoms with Gasteiger partial charge in [-0.05, 0) is 25.0 Å². The zero-order valence-electron chi connectivity index (χ0n) is 11.5. The predicted molar refractivity (Wildman–Crippen MR) is 77.4 cm³/mol. The highest BCUT2D eigenvalue weighted by Crippen LogP contribution is 2.28. The summed E-state index contributed by atoms with van der Waals surface area (Å²) in [6, 6.07) is 5.17.